The Morgan fingerprint density at radius 3 is 2.33 bits per heavy atom. The minimum Gasteiger partial charge on any atom is -0.309 e. The minimum atomic E-state index is -4.69. The van der Waals surface area contributed by atoms with Gasteiger partial charge in [0.1, 0.15) is 0 Å². The van der Waals surface area contributed by atoms with Crippen LogP contribution in [0.15, 0.2) is 0 Å². The molecule has 0 spiro atoms. The molecular formula is C10H16F3NO. The van der Waals surface area contributed by atoms with Crippen LogP contribution in [0.3, 0.4) is 0 Å². The van der Waals surface area contributed by atoms with E-state index in [-0.39, 0.29) is 0 Å². The molecule has 0 aromatic carbocycles. The molecule has 0 aliphatic heterocycles. The van der Waals surface area contributed by atoms with Crippen LogP contribution in [0.2, 0.25) is 0 Å². The second-order valence-electron chi connectivity index (χ2n) is 4.06. The molecule has 0 bridgehead atoms. The molecule has 2 nitrogen and oxygen atoms in total. The van der Waals surface area contributed by atoms with Crippen molar-refractivity contribution < 1.29 is 18.0 Å². The summed E-state index contributed by atoms with van der Waals surface area (Å²) in [6, 6.07) is 0. The molecule has 0 aromatic heterocycles. The first-order valence-corrected chi connectivity index (χ1v) is 5.31. The lowest BCUT2D eigenvalue weighted by molar-refractivity contribution is -0.169. The third kappa shape index (κ3) is 4.64. The molecule has 5 heteroatoms. The van der Waals surface area contributed by atoms with E-state index in [9.17, 15) is 18.0 Å². The maximum absolute atomic E-state index is 11.8. The summed E-state index contributed by atoms with van der Waals surface area (Å²) in [5, 5.41) is 2.59. The van der Waals surface area contributed by atoms with Gasteiger partial charge in [0.15, 0.2) is 0 Å². The first kappa shape index (κ1) is 12.5. The van der Waals surface area contributed by atoms with E-state index in [2.05, 4.69) is 5.32 Å². The Bertz CT molecular complexity index is 209. The number of ketones is 1. The minimum absolute atomic E-state index is 0.444. The fourth-order valence-electron chi connectivity index (χ4n) is 1.88. The summed E-state index contributed by atoms with van der Waals surface area (Å²) in [4.78, 5) is 10.5. The largest absolute Gasteiger partial charge is 0.451 e. The topological polar surface area (TPSA) is 29.1 Å². The Hall–Kier alpha value is -0.580. The van der Waals surface area contributed by atoms with Crippen LogP contribution in [0.1, 0.15) is 32.1 Å². The molecule has 0 aromatic rings. The maximum Gasteiger partial charge on any atom is 0.451 e. The number of nitrogens with one attached hydrogen (secondary N) is 1. The summed E-state index contributed by atoms with van der Waals surface area (Å²) in [6.45, 7) is -0.0538. The molecule has 15 heavy (non-hydrogen) atoms. The Kier molecular flexibility index (Phi) is 4.57. The van der Waals surface area contributed by atoms with Crippen molar-refractivity contribution in [3.63, 3.8) is 0 Å². The fourth-order valence-corrected chi connectivity index (χ4v) is 1.88. The smallest absolute Gasteiger partial charge is 0.309 e. The van der Waals surface area contributed by atoms with E-state index in [0.717, 1.165) is 25.7 Å². The SMILES string of the molecule is O=C(CNCC1CCCCC1)C(F)(F)F. The molecule has 0 radical (unpaired) electrons. The van der Waals surface area contributed by atoms with E-state index in [4.69, 9.17) is 0 Å². The number of carbonyl (C=O) groups is 1. The van der Waals surface area contributed by atoms with Crippen LogP contribution in [-0.2, 0) is 4.79 Å². The number of carbonyl (C=O) groups excluding carboxylic acids is 1. The number of hydrogen-bond acceptors (Lipinski definition) is 2. The molecule has 1 rings (SSSR count). The number of Topliss-reactive ketones (excluding diaryl/α,β-unsaturated/α-hetero) is 1. The van der Waals surface area contributed by atoms with Gasteiger partial charge in [-0.2, -0.15) is 13.2 Å². The number of hydrogen-bond donors (Lipinski definition) is 1. The zero-order valence-corrected chi connectivity index (χ0v) is 8.57. The van der Waals surface area contributed by atoms with E-state index in [1.165, 1.54) is 6.42 Å². The lowest BCUT2D eigenvalue weighted by Gasteiger charge is -2.21. The van der Waals surface area contributed by atoms with Crippen molar-refractivity contribution in [3.05, 3.63) is 0 Å². The molecule has 0 atom stereocenters. The predicted molar refractivity (Wildman–Crippen MR) is 50.5 cm³/mol. The summed E-state index contributed by atoms with van der Waals surface area (Å²) >= 11 is 0. The molecule has 88 valence electrons. The predicted octanol–water partition coefficient (Wildman–Crippen LogP) is 2.29. The van der Waals surface area contributed by atoms with Gasteiger partial charge in [-0.25, -0.2) is 0 Å². The lowest BCUT2D eigenvalue weighted by atomic mass is 9.89. The van der Waals surface area contributed by atoms with Gasteiger partial charge in [0.2, 0.25) is 5.78 Å². The monoisotopic (exact) mass is 223 g/mol. The van der Waals surface area contributed by atoms with Gasteiger partial charge in [0.05, 0.1) is 6.54 Å². The Morgan fingerprint density at radius 1 is 1.20 bits per heavy atom. The highest BCUT2D eigenvalue weighted by atomic mass is 19.4. The van der Waals surface area contributed by atoms with Crippen molar-refractivity contribution in [2.75, 3.05) is 13.1 Å². The van der Waals surface area contributed by atoms with E-state index in [1.807, 2.05) is 0 Å². The van der Waals surface area contributed by atoms with Crippen molar-refractivity contribution in [1.29, 1.82) is 0 Å². The average Bonchev–Trinajstić information content (AvgIpc) is 2.18. The van der Waals surface area contributed by atoms with Crippen LogP contribution in [0.25, 0.3) is 0 Å². The van der Waals surface area contributed by atoms with Crippen LogP contribution in [0.4, 0.5) is 13.2 Å². The highest BCUT2D eigenvalue weighted by Gasteiger charge is 2.37. The standard InChI is InChI=1S/C10H16F3NO/c11-10(12,13)9(15)7-14-6-8-4-2-1-3-5-8/h8,14H,1-7H2. The van der Waals surface area contributed by atoms with Gasteiger partial charge in [0, 0.05) is 0 Å². The lowest BCUT2D eigenvalue weighted by Crippen LogP contribution is -2.36. The quantitative estimate of drug-likeness (QED) is 0.792. The molecule has 1 aliphatic carbocycles. The fraction of sp³-hybridized carbons (Fsp3) is 0.900. The zero-order chi connectivity index (χ0) is 11.3. The summed E-state index contributed by atoms with van der Waals surface area (Å²) in [6.07, 6.45) is 0.955. The van der Waals surface area contributed by atoms with Crippen LogP contribution >= 0.6 is 0 Å². The second-order valence-corrected chi connectivity index (χ2v) is 4.06. The first-order chi connectivity index (χ1) is 7.00. The molecule has 1 aliphatic rings. The van der Waals surface area contributed by atoms with E-state index in [1.54, 1.807) is 0 Å². The van der Waals surface area contributed by atoms with Crippen molar-refractivity contribution in [3.8, 4) is 0 Å². The normalized spacial score (nSPS) is 19.1. The highest BCUT2D eigenvalue weighted by Crippen LogP contribution is 2.22. The summed E-state index contributed by atoms with van der Waals surface area (Å²) in [5.74, 6) is -1.24. The number of alkyl halides is 3. The molecule has 1 N–H and O–H groups in total. The van der Waals surface area contributed by atoms with Crippen molar-refractivity contribution in [2.45, 2.75) is 38.3 Å². The molecule has 0 heterocycles. The Balaban J connectivity index is 2.12. The van der Waals surface area contributed by atoms with Gasteiger partial charge >= 0.3 is 6.18 Å². The van der Waals surface area contributed by atoms with Gasteiger partial charge < -0.3 is 5.32 Å². The average molecular weight is 223 g/mol. The van der Waals surface area contributed by atoms with Gasteiger partial charge in [-0.05, 0) is 25.3 Å². The van der Waals surface area contributed by atoms with Gasteiger partial charge in [-0.1, -0.05) is 19.3 Å². The van der Waals surface area contributed by atoms with Crippen LogP contribution in [-0.4, -0.2) is 25.0 Å². The molecule has 0 amide bonds. The van der Waals surface area contributed by atoms with Crippen LogP contribution in [0.5, 0.6) is 0 Å². The van der Waals surface area contributed by atoms with E-state index < -0.39 is 18.5 Å². The number of halogens is 3. The third-order valence-corrected chi connectivity index (χ3v) is 2.76. The van der Waals surface area contributed by atoms with E-state index in [0.29, 0.717) is 12.5 Å². The third-order valence-electron chi connectivity index (χ3n) is 2.76. The summed E-state index contributed by atoms with van der Waals surface area (Å²) in [5.41, 5.74) is 0. The number of rotatable bonds is 4. The molecular weight excluding hydrogens is 207 g/mol. The van der Waals surface area contributed by atoms with Gasteiger partial charge in [0.25, 0.3) is 0 Å². The van der Waals surface area contributed by atoms with Crippen molar-refractivity contribution in [2.24, 2.45) is 5.92 Å². The second kappa shape index (κ2) is 5.49. The zero-order valence-electron chi connectivity index (χ0n) is 8.57. The van der Waals surface area contributed by atoms with Crippen molar-refractivity contribution in [1.82, 2.24) is 5.32 Å². The maximum atomic E-state index is 11.8. The van der Waals surface area contributed by atoms with Crippen molar-refractivity contribution >= 4 is 5.78 Å². The van der Waals surface area contributed by atoms with Gasteiger partial charge in [-0.15, -0.1) is 0 Å². The first-order valence-electron chi connectivity index (χ1n) is 5.31. The highest BCUT2D eigenvalue weighted by molar-refractivity contribution is 5.85. The molecule has 1 saturated carbocycles. The molecule has 1 fully saturated rings. The molecule has 0 saturated heterocycles. The van der Waals surface area contributed by atoms with Crippen LogP contribution in [0, 0.1) is 5.92 Å². The molecule has 0 unspecified atom stereocenters. The van der Waals surface area contributed by atoms with E-state index >= 15 is 0 Å². The van der Waals surface area contributed by atoms with Crippen LogP contribution < -0.4 is 5.32 Å². The summed E-state index contributed by atoms with van der Waals surface area (Å²) < 4.78 is 35.5. The Morgan fingerprint density at radius 2 is 1.80 bits per heavy atom. The Labute approximate surface area is 87.2 Å². The van der Waals surface area contributed by atoms with Gasteiger partial charge in [-0.3, -0.25) is 4.79 Å². The summed E-state index contributed by atoms with van der Waals surface area (Å²) in [7, 11) is 0.